The summed E-state index contributed by atoms with van der Waals surface area (Å²) in [4.78, 5) is 12.2. The molecule has 0 saturated heterocycles. The molecule has 2 N–H and O–H groups in total. The smallest absolute Gasteiger partial charge is 0.369 e. The molecule has 0 heterocycles. The van der Waals surface area contributed by atoms with Crippen molar-refractivity contribution in [3.63, 3.8) is 0 Å². The Hall–Kier alpha value is -3.33. The third-order valence-corrected chi connectivity index (χ3v) is 4.60. The maximum absolute atomic E-state index is 13.2. The van der Waals surface area contributed by atoms with E-state index in [2.05, 4.69) is 0 Å². The van der Waals surface area contributed by atoms with E-state index >= 15 is 0 Å². The van der Waals surface area contributed by atoms with Crippen molar-refractivity contribution in [1.29, 1.82) is 0 Å². The fourth-order valence-electron chi connectivity index (χ4n) is 3.03. The standard InChI is InChI=1S/C22H15F6NO2/c23-21(24,25)20(31,22(26,27)28)17-7-3-4-8-18(17)29-19(30)12-10-14-9-11-15-5-1-2-6-16(15)13-14/h1-13,31H,(H,29,30). The van der Waals surface area contributed by atoms with Crippen LogP contribution in [0.2, 0.25) is 0 Å². The summed E-state index contributed by atoms with van der Waals surface area (Å²) in [6, 6.07) is 16.0. The van der Waals surface area contributed by atoms with E-state index in [9.17, 15) is 36.2 Å². The van der Waals surface area contributed by atoms with E-state index in [0.717, 1.165) is 35.0 Å². The highest BCUT2D eigenvalue weighted by molar-refractivity contribution is 6.02. The van der Waals surface area contributed by atoms with Crippen LogP contribution in [0.3, 0.4) is 0 Å². The van der Waals surface area contributed by atoms with Crippen LogP contribution in [0, 0.1) is 0 Å². The number of hydrogen-bond donors (Lipinski definition) is 2. The van der Waals surface area contributed by atoms with E-state index in [1.165, 1.54) is 6.08 Å². The molecule has 0 radical (unpaired) electrons. The summed E-state index contributed by atoms with van der Waals surface area (Å²) in [7, 11) is 0. The zero-order valence-electron chi connectivity index (χ0n) is 15.6. The Balaban J connectivity index is 1.89. The molecular weight excluding hydrogens is 424 g/mol. The van der Waals surface area contributed by atoms with Crippen molar-refractivity contribution in [3.05, 3.63) is 83.9 Å². The van der Waals surface area contributed by atoms with Crippen molar-refractivity contribution < 1.29 is 36.2 Å². The minimum atomic E-state index is -6.06. The van der Waals surface area contributed by atoms with Crippen molar-refractivity contribution >= 4 is 28.4 Å². The van der Waals surface area contributed by atoms with Crippen molar-refractivity contribution in [2.75, 3.05) is 5.32 Å². The van der Waals surface area contributed by atoms with Gasteiger partial charge in [0, 0.05) is 17.3 Å². The molecule has 0 aliphatic carbocycles. The quantitative estimate of drug-likeness (QED) is 0.399. The molecule has 0 aliphatic heterocycles. The summed E-state index contributed by atoms with van der Waals surface area (Å²) < 4.78 is 79.2. The lowest BCUT2D eigenvalue weighted by atomic mass is 9.90. The van der Waals surface area contributed by atoms with Gasteiger partial charge in [-0.05, 0) is 34.5 Å². The molecule has 0 saturated carbocycles. The van der Waals surface area contributed by atoms with Crippen LogP contribution in [0.25, 0.3) is 16.8 Å². The average Bonchev–Trinajstić information content (AvgIpc) is 2.70. The Kier molecular flexibility index (Phi) is 5.82. The molecule has 0 fully saturated rings. The van der Waals surface area contributed by atoms with Gasteiger partial charge in [0.05, 0.1) is 0 Å². The predicted molar refractivity (Wildman–Crippen MR) is 104 cm³/mol. The molecule has 0 aliphatic rings. The Morgan fingerprint density at radius 3 is 2.03 bits per heavy atom. The van der Waals surface area contributed by atoms with Crippen LogP contribution < -0.4 is 5.32 Å². The first-order valence-corrected chi connectivity index (χ1v) is 8.87. The fourth-order valence-corrected chi connectivity index (χ4v) is 3.03. The van der Waals surface area contributed by atoms with Crippen molar-refractivity contribution in [2.45, 2.75) is 18.0 Å². The summed E-state index contributed by atoms with van der Waals surface area (Å²) >= 11 is 0. The number of aliphatic hydroxyl groups is 1. The second-order valence-electron chi connectivity index (χ2n) is 6.68. The third kappa shape index (κ3) is 4.41. The van der Waals surface area contributed by atoms with Crippen LogP contribution in [-0.2, 0) is 10.4 Å². The van der Waals surface area contributed by atoms with Gasteiger partial charge in [0.2, 0.25) is 5.91 Å². The lowest BCUT2D eigenvalue weighted by Gasteiger charge is -2.33. The van der Waals surface area contributed by atoms with E-state index in [1.807, 2.05) is 29.6 Å². The number of para-hydroxylation sites is 1. The van der Waals surface area contributed by atoms with E-state index in [-0.39, 0.29) is 0 Å². The highest BCUT2D eigenvalue weighted by atomic mass is 19.4. The van der Waals surface area contributed by atoms with Gasteiger partial charge < -0.3 is 10.4 Å². The highest BCUT2D eigenvalue weighted by Crippen LogP contribution is 2.51. The first-order chi connectivity index (χ1) is 14.4. The number of benzene rings is 3. The Labute approximate surface area is 172 Å². The number of alkyl halides is 6. The molecule has 3 aromatic rings. The molecule has 31 heavy (non-hydrogen) atoms. The predicted octanol–water partition coefficient (Wildman–Crippen LogP) is 5.80. The second kappa shape index (κ2) is 8.07. The Bertz CT molecular complexity index is 1120. The summed E-state index contributed by atoms with van der Waals surface area (Å²) in [6.07, 6.45) is -9.79. The van der Waals surface area contributed by atoms with Gasteiger partial charge in [0.1, 0.15) is 0 Å². The maximum atomic E-state index is 13.2. The molecule has 3 nitrogen and oxygen atoms in total. The number of halogens is 6. The van der Waals surface area contributed by atoms with Crippen LogP contribution in [0.15, 0.2) is 72.8 Å². The Morgan fingerprint density at radius 1 is 0.806 bits per heavy atom. The van der Waals surface area contributed by atoms with Crippen LogP contribution >= 0.6 is 0 Å². The van der Waals surface area contributed by atoms with Gasteiger partial charge in [-0.1, -0.05) is 54.6 Å². The minimum absolute atomic E-state index is 0.462. The molecule has 0 spiro atoms. The van der Waals surface area contributed by atoms with Crippen molar-refractivity contribution in [2.24, 2.45) is 0 Å². The van der Waals surface area contributed by atoms with Gasteiger partial charge in [0.15, 0.2) is 0 Å². The molecule has 0 atom stereocenters. The number of rotatable bonds is 4. The summed E-state index contributed by atoms with van der Waals surface area (Å²) in [6.45, 7) is 0. The first-order valence-electron chi connectivity index (χ1n) is 8.87. The molecule has 0 unspecified atom stereocenters. The zero-order chi connectivity index (χ0) is 22.9. The summed E-state index contributed by atoms with van der Waals surface area (Å²) in [5.41, 5.74) is -6.88. The van der Waals surface area contributed by atoms with Crippen LogP contribution in [0.4, 0.5) is 32.0 Å². The number of fused-ring (bicyclic) bond motifs is 1. The van der Waals surface area contributed by atoms with E-state index < -0.39 is 35.1 Å². The lowest BCUT2D eigenvalue weighted by Crippen LogP contribution is -2.54. The summed E-state index contributed by atoms with van der Waals surface area (Å²) in [5, 5.41) is 13.5. The number of nitrogens with one attached hydrogen (secondary N) is 1. The third-order valence-electron chi connectivity index (χ3n) is 4.60. The number of hydrogen-bond acceptors (Lipinski definition) is 2. The van der Waals surface area contributed by atoms with Gasteiger partial charge in [-0.15, -0.1) is 0 Å². The van der Waals surface area contributed by atoms with Crippen LogP contribution in [0.5, 0.6) is 0 Å². The molecule has 9 heteroatoms. The molecule has 1 amide bonds. The van der Waals surface area contributed by atoms with Crippen LogP contribution in [0.1, 0.15) is 11.1 Å². The van der Waals surface area contributed by atoms with E-state index in [0.29, 0.717) is 11.6 Å². The first kappa shape index (κ1) is 22.4. The van der Waals surface area contributed by atoms with E-state index in [4.69, 9.17) is 0 Å². The molecule has 0 bridgehead atoms. The zero-order valence-corrected chi connectivity index (χ0v) is 15.6. The van der Waals surface area contributed by atoms with Crippen molar-refractivity contribution in [3.8, 4) is 0 Å². The molecular formula is C22H15F6NO2. The van der Waals surface area contributed by atoms with Crippen LogP contribution in [-0.4, -0.2) is 23.4 Å². The largest absolute Gasteiger partial charge is 0.430 e. The number of anilines is 1. The van der Waals surface area contributed by atoms with Gasteiger partial charge in [-0.2, -0.15) is 26.3 Å². The second-order valence-corrected chi connectivity index (χ2v) is 6.68. The van der Waals surface area contributed by atoms with Gasteiger partial charge >= 0.3 is 12.4 Å². The number of carbonyl (C=O) groups excluding carboxylic acids is 1. The molecule has 3 rings (SSSR count). The highest BCUT2D eigenvalue weighted by Gasteiger charge is 2.72. The molecule has 0 aromatic heterocycles. The lowest BCUT2D eigenvalue weighted by molar-refractivity contribution is -0.376. The number of carbonyl (C=O) groups is 1. The van der Waals surface area contributed by atoms with E-state index in [1.54, 1.807) is 18.2 Å². The van der Waals surface area contributed by atoms with Gasteiger partial charge in [-0.3, -0.25) is 4.79 Å². The number of amides is 1. The SMILES string of the molecule is O=C(C=Cc1ccc2ccccc2c1)Nc1ccccc1C(O)(C(F)(F)F)C(F)(F)F. The normalized spacial score (nSPS) is 13.0. The monoisotopic (exact) mass is 439 g/mol. The average molecular weight is 439 g/mol. The van der Waals surface area contributed by atoms with Crippen molar-refractivity contribution in [1.82, 2.24) is 0 Å². The summed E-state index contributed by atoms with van der Waals surface area (Å²) in [5.74, 6) is -0.965. The molecule has 162 valence electrons. The maximum Gasteiger partial charge on any atom is 0.430 e. The van der Waals surface area contributed by atoms with Gasteiger partial charge in [0.25, 0.3) is 5.60 Å². The topological polar surface area (TPSA) is 49.3 Å². The fraction of sp³-hybridized carbons (Fsp3) is 0.136. The van der Waals surface area contributed by atoms with Gasteiger partial charge in [-0.25, -0.2) is 0 Å². The molecule has 3 aromatic carbocycles. The Morgan fingerprint density at radius 2 is 1.39 bits per heavy atom. The minimum Gasteiger partial charge on any atom is -0.369 e.